The molecule has 3 aromatic carbocycles. The zero-order valence-electron chi connectivity index (χ0n) is 22.9. The Morgan fingerprint density at radius 3 is 1.68 bits per heavy atom. The van der Waals surface area contributed by atoms with Crippen LogP contribution in [-0.2, 0) is 0 Å². The first-order chi connectivity index (χ1) is 19.5. The highest BCUT2D eigenvalue weighted by molar-refractivity contribution is 5.65. The standard InChI is InChI=1S/C33H34F6O2/c1-21-2-4-24(5-3-21)26-12-19-30(31(34)20-26)25-8-6-22(7-9-25)23-10-13-27(14-11-23)32(35,36)40-28-15-17-29(18-16-28)41-33(37,38)39/h6-9,12,15-21,23-24,27H,2-5,10-11,13-14H2,1H3. The first-order valence-corrected chi connectivity index (χ1v) is 14.3. The third kappa shape index (κ3) is 7.38. The van der Waals surface area contributed by atoms with Gasteiger partial charge in [-0.1, -0.05) is 56.2 Å². The van der Waals surface area contributed by atoms with Crippen molar-refractivity contribution < 1.29 is 35.8 Å². The van der Waals surface area contributed by atoms with Crippen molar-refractivity contribution in [3.8, 4) is 22.6 Å². The van der Waals surface area contributed by atoms with Crippen molar-refractivity contribution in [2.45, 2.75) is 82.6 Å². The van der Waals surface area contributed by atoms with Gasteiger partial charge in [0.25, 0.3) is 0 Å². The van der Waals surface area contributed by atoms with Gasteiger partial charge < -0.3 is 9.47 Å². The summed E-state index contributed by atoms with van der Waals surface area (Å²) < 4.78 is 90.4. The maximum Gasteiger partial charge on any atom is 0.573 e. The fourth-order valence-electron chi connectivity index (χ4n) is 6.26. The third-order valence-corrected chi connectivity index (χ3v) is 8.69. The molecule has 2 aliphatic rings. The molecule has 2 aliphatic carbocycles. The van der Waals surface area contributed by atoms with Gasteiger partial charge >= 0.3 is 12.5 Å². The number of halogens is 6. The van der Waals surface area contributed by atoms with Gasteiger partial charge in [-0.2, -0.15) is 8.78 Å². The van der Waals surface area contributed by atoms with Crippen molar-refractivity contribution in [3.05, 3.63) is 83.7 Å². The summed E-state index contributed by atoms with van der Waals surface area (Å²) in [7, 11) is 0. The van der Waals surface area contributed by atoms with Crippen LogP contribution in [0.2, 0.25) is 0 Å². The van der Waals surface area contributed by atoms with E-state index in [1.807, 2.05) is 36.4 Å². The molecule has 0 N–H and O–H groups in total. The first kappa shape index (κ1) is 29.3. The van der Waals surface area contributed by atoms with E-state index in [4.69, 9.17) is 4.74 Å². The predicted molar refractivity (Wildman–Crippen MR) is 146 cm³/mol. The highest BCUT2D eigenvalue weighted by Gasteiger charge is 2.44. The second-order valence-electron chi connectivity index (χ2n) is 11.5. The van der Waals surface area contributed by atoms with Crippen molar-refractivity contribution in [1.29, 1.82) is 0 Å². The van der Waals surface area contributed by atoms with Crippen LogP contribution in [-0.4, -0.2) is 12.5 Å². The highest BCUT2D eigenvalue weighted by Crippen LogP contribution is 2.44. The molecule has 2 nitrogen and oxygen atoms in total. The summed E-state index contributed by atoms with van der Waals surface area (Å²) in [6, 6.07) is 17.2. The number of hydrogen-bond donors (Lipinski definition) is 0. The molecule has 5 rings (SSSR count). The molecule has 0 amide bonds. The molecule has 2 fully saturated rings. The van der Waals surface area contributed by atoms with Gasteiger partial charge in [0, 0.05) is 5.56 Å². The Labute approximate surface area is 236 Å². The summed E-state index contributed by atoms with van der Waals surface area (Å²) >= 11 is 0. The largest absolute Gasteiger partial charge is 0.573 e. The van der Waals surface area contributed by atoms with Gasteiger partial charge in [-0.15, -0.1) is 13.2 Å². The third-order valence-electron chi connectivity index (χ3n) is 8.69. The molecule has 0 unspecified atom stereocenters. The van der Waals surface area contributed by atoms with Gasteiger partial charge in [-0.25, -0.2) is 4.39 Å². The van der Waals surface area contributed by atoms with E-state index < -0.39 is 24.1 Å². The number of hydrogen-bond acceptors (Lipinski definition) is 2. The minimum Gasteiger partial charge on any atom is -0.432 e. The van der Waals surface area contributed by atoms with Gasteiger partial charge in [0.15, 0.2) is 0 Å². The van der Waals surface area contributed by atoms with Crippen LogP contribution in [0.3, 0.4) is 0 Å². The molecule has 2 saturated carbocycles. The number of alkyl halides is 5. The summed E-state index contributed by atoms with van der Waals surface area (Å²) in [5, 5.41) is 0. The normalized spacial score (nSPS) is 23.7. The molecule has 0 saturated heterocycles. The predicted octanol–water partition coefficient (Wildman–Crippen LogP) is 10.6. The second kappa shape index (κ2) is 12.0. The Hall–Kier alpha value is -3.16. The van der Waals surface area contributed by atoms with Crippen molar-refractivity contribution in [3.63, 3.8) is 0 Å². The lowest BCUT2D eigenvalue weighted by molar-refractivity contribution is -0.274. The number of ether oxygens (including phenoxy) is 2. The molecule has 41 heavy (non-hydrogen) atoms. The second-order valence-corrected chi connectivity index (χ2v) is 11.5. The van der Waals surface area contributed by atoms with E-state index in [0.29, 0.717) is 24.3 Å². The zero-order chi connectivity index (χ0) is 29.2. The van der Waals surface area contributed by atoms with Crippen LogP contribution in [0.1, 0.15) is 81.3 Å². The fraction of sp³-hybridized carbons (Fsp3) is 0.455. The Balaban J connectivity index is 1.16. The summed E-state index contributed by atoms with van der Waals surface area (Å²) in [6.07, 6.45) is -2.18. The summed E-state index contributed by atoms with van der Waals surface area (Å²) in [6.45, 7) is 2.27. The van der Waals surface area contributed by atoms with Gasteiger partial charge in [-0.05, 0) is 103 Å². The van der Waals surface area contributed by atoms with Crippen molar-refractivity contribution in [1.82, 2.24) is 0 Å². The van der Waals surface area contributed by atoms with Crippen LogP contribution in [0.4, 0.5) is 26.3 Å². The first-order valence-electron chi connectivity index (χ1n) is 14.3. The molecular formula is C33H34F6O2. The Kier molecular flexibility index (Phi) is 8.57. The Morgan fingerprint density at radius 1 is 0.610 bits per heavy atom. The lowest BCUT2D eigenvalue weighted by Crippen LogP contribution is -2.37. The maximum absolute atomic E-state index is 15.1. The van der Waals surface area contributed by atoms with Gasteiger partial charge in [-0.3, -0.25) is 0 Å². The SMILES string of the molecule is CC1CCC(c2ccc(-c3ccc(C4CCC(C(F)(F)Oc5ccc(OC(F)(F)F)cc5)CC4)cc3)c(F)c2)CC1. The lowest BCUT2D eigenvalue weighted by Gasteiger charge is -2.33. The molecule has 220 valence electrons. The van der Waals surface area contributed by atoms with Crippen LogP contribution in [0.5, 0.6) is 11.5 Å². The van der Waals surface area contributed by atoms with Gasteiger partial charge in [0.2, 0.25) is 0 Å². The lowest BCUT2D eigenvalue weighted by atomic mass is 9.78. The molecule has 0 radical (unpaired) electrons. The molecule has 0 atom stereocenters. The molecule has 0 aliphatic heterocycles. The van der Waals surface area contributed by atoms with Crippen LogP contribution < -0.4 is 9.47 Å². The highest BCUT2D eigenvalue weighted by atomic mass is 19.4. The molecule has 8 heteroatoms. The van der Waals surface area contributed by atoms with E-state index in [-0.39, 0.29) is 30.3 Å². The summed E-state index contributed by atoms with van der Waals surface area (Å²) in [5.41, 5.74) is 3.45. The topological polar surface area (TPSA) is 18.5 Å². The van der Waals surface area contributed by atoms with Gasteiger partial charge in [0.05, 0.1) is 5.92 Å². The molecule has 3 aromatic rings. The number of benzene rings is 3. The average molecular weight is 577 g/mol. The van der Waals surface area contributed by atoms with Crippen molar-refractivity contribution in [2.24, 2.45) is 11.8 Å². The van der Waals surface area contributed by atoms with Crippen LogP contribution in [0.15, 0.2) is 66.7 Å². The number of rotatable bonds is 7. The quantitative estimate of drug-likeness (QED) is 0.261. The minimum absolute atomic E-state index is 0.107. The van der Waals surface area contributed by atoms with E-state index in [1.165, 1.54) is 12.8 Å². The summed E-state index contributed by atoms with van der Waals surface area (Å²) in [5.74, 6) is -0.697. The molecular weight excluding hydrogens is 542 g/mol. The smallest absolute Gasteiger partial charge is 0.432 e. The van der Waals surface area contributed by atoms with E-state index >= 15 is 4.39 Å². The van der Waals surface area contributed by atoms with E-state index in [9.17, 15) is 22.0 Å². The van der Waals surface area contributed by atoms with Crippen LogP contribution >= 0.6 is 0 Å². The summed E-state index contributed by atoms with van der Waals surface area (Å²) in [4.78, 5) is 0. The Morgan fingerprint density at radius 2 is 1.12 bits per heavy atom. The average Bonchev–Trinajstić information content (AvgIpc) is 2.94. The molecule has 0 aromatic heterocycles. The van der Waals surface area contributed by atoms with Crippen LogP contribution in [0.25, 0.3) is 11.1 Å². The van der Waals surface area contributed by atoms with E-state index in [1.54, 1.807) is 6.07 Å². The molecule has 0 spiro atoms. The van der Waals surface area contributed by atoms with E-state index in [0.717, 1.165) is 59.7 Å². The fourth-order valence-corrected chi connectivity index (χ4v) is 6.26. The zero-order valence-corrected chi connectivity index (χ0v) is 22.9. The maximum atomic E-state index is 15.1. The minimum atomic E-state index is -4.86. The van der Waals surface area contributed by atoms with Crippen molar-refractivity contribution in [2.75, 3.05) is 0 Å². The molecule has 0 heterocycles. The Bertz CT molecular complexity index is 1290. The van der Waals surface area contributed by atoms with Crippen LogP contribution in [0, 0.1) is 17.7 Å². The van der Waals surface area contributed by atoms with Gasteiger partial charge in [0.1, 0.15) is 17.3 Å². The van der Waals surface area contributed by atoms with E-state index in [2.05, 4.69) is 11.7 Å². The van der Waals surface area contributed by atoms with Crippen molar-refractivity contribution >= 4 is 0 Å². The molecule has 0 bridgehead atoms. The monoisotopic (exact) mass is 576 g/mol.